The van der Waals surface area contributed by atoms with Crippen molar-refractivity contribution < 1.29 is 5.11 Å². The van der Waals surface area contributed by atoms with Gasteiger partial charge in [-0.15, -0.1) is 0 Å². The van der Waals surface area contributed by atoms with E-state index in [1.807, 2.05) is 4.93 Å². The first kappa shape index (κ1) is 7.49. The zero-order chi connectivity index (χ0) is 5.91. The minimum Gasteiger partial charge on any atom is -0.369 e. The van der Waals surface area contributed by atoms with Crippen molar-refractivity contribution in [1.29, 1.82) is 0 Å². The highest BCUT2D eigenvalue weighted by Gasteiger charge is 2.05. The Hall–Kier alpha value is 0.490. The summed E-state index contributed by atoms with van der Waals surface area (Å²) >= 11 is -0.107. The van der Waals surface area contributed by atoms with Crippen LogP contribution in [0.3, 0.4) is 0 Å². The van der Waals surface area contributed by atoms with Crippen molar-refractivity contribution in [1.82, 2.24) is 0 Å². The second kappa shape index (κ2) is 2.71. The van der Waals surface area contributed by atoms with Gasteiger partial charge in [-0.1, -0.05) is 0 Å². The van der Waals surface area contributed by atoms with Crippen LogP contribution in [0.4, 0.5) is 0 Å². The number of alkyl halides is 1. The zero-order valence-corrected chi connectivity index (χ0v) is 6.93. The summed E-state index contributed by atoms with van der Waals surface area (Å²) in [7, 11) is 0. The first-order valence-electron chi connectivity index (χ1n) is 1.99. The third-order valence-electron chi connectivity index (χ3n) is 0.291. The van der Waals surface area contributed by atoms with Gasteiger partial charge in [-0.3, -0.25) is 0 Å². The summed E-state index contributed by atoms with van der Waals surface area (Å²) in [5, 5.41) is 8.88. The average molecular weight is 215 g/mol. The van der Waals surface area contributed by atoms with Gasteiger partial charge in [0.25, 0.3) is 0 Å². The van der Waals surface area contributed by atoms with Crippen LogP contribution in [0.5, 0.6) is 0 Å². The van der Waals surface area contributed by atoms with Crippen LogP contribution >= 0.6 is 21.0 Å². The summed E-state index contributed by atoms with van der Waals surface area (Å²) in [6.45, 7) is 3.38. The molecule has 0 spiro atoms. The molecule has 3 heteroatoms. The lowest BCUT2D eigenvalue weighted by Gasteiger charge is -2.07. The molecule has 0 rings (SSSR count). The van der Waals surface area contributed by atoms with E-state index in [0.29, 0.717) is 0 Å². The summed E-state index contributed by atoms with van der Waals surface area (Å²) in [6, 6.07) is 0. The third-order valence-corrected chi connectivity index (χ3v) is 1.95. The number of halogens is 1. The summed E-state index contributed by atoms with van der Waals surface area (Å²) in [5.74, 6) is 0. The summed E-state index contributed by atoms with van der Waals surface area (Å²) < 4.78 is 3.92. The molecule has 0 atom stereocenters. The smallest absolute Gasteiger partial charge is 0.155 e. The maximum absolute atomic E-state index is 8.88. The molecule has 0 fully saturated rings. The topological polar surface area (TPSA) is 32.6 Å². The minimum absolute atomic E-state index is 0.107. The van der Waals surface area contributed by atoms with E-state index in [-0.39, 0.29) is 21.0 Å². The summed E-state index contributed by atoms with van der Waals surface area (Å²) in [6.07, 6.45) is 0. The zero-order valence-electron chi connectivity index (χ0n) is 4.77. The molecule has 44 valence electrons. The van der Waals surface area contributed by atoms with Crippen molar-refractivity contribution in [3.05, 3.63) is 0 Å². The van der Waals surface area contributed by atoms with Crippen LogP contribution in [0.1, 0.15) is 13.8 Å². The molecule has 1 N–H and O–H groups in total. The molecule has 2 nitrogen and oxygen atoms in total. The van der Waals surface area contributed by atoms with Gasteiger partial charge in [0.1, 0.15) is 0 Å². The molecule has 7 heavy (non-hydrogen) atoms. The molecular weight excluding hydrogens is 205 g/mol. The highest BCUT2D eigenvalue weighted by molar-refractivity contribution is 14.2. The van der Waals surface area contributed by atoms with Crippen LogP contribution in [-0.2, 0) is 0 Å². The Labute approximate surface area is 54.1 Å². The quantitative estimate of drug-likeness (QED) is 0.521. The summed E-state index contributed by atoms with van der Waals surface area (Å²) in [4.78, 5) is 2.01. The Morgan fingerprint density at radius 2 is 2.00 bits per heavy atom. The van der Waals surface area contributed by atoms with Crippen LogP contribution in [0.15, 0.2) is 3.15 Å². The van der Waals surface area contributed by atoms with E-state index in [9.17, 15) is 0 Å². The Bertz CT molecular complexity index is 74.2. The second-order valence-corrected chi connectivity index (χ2v) is 3.20. The fourth-order valence-electron chi connectivity index (χ4n) is 0.207. The Balaban J connectivity index is 3.56. The lowest BCUT2D eigenvalue weighted by atomic mass is 10.4. The molecule has 0 radical (unpaired) electrons. The average Bonchev–Trinajstić information content (AvgIpc) is 1.30. The number of hydrogen-bond donors (Lipinski definition) is 1. The molecule has 0 saturated heterocycles. The van der Waals surface area contributed by atoms with Crippen LogP contribution in [0, 0.1) is 0 Å². The van der Waals surface area contributed by atoms with E-state index < -0.39 is 5.72 Å². The predicted octanol–water partition coefficient (Wildman–Crippen LogP) is 1.50. The largest absolute Gasteiger partial charge is 0.369 e. The van der Waals surface area contributed by atoms with E-state index in [2.05, 4.69) is 3.15 Å². The number of rotatable bonds is 1. The molecular formula is C4H10INO. The molecule has 0 aromatic rings. The lowest BCUT2D eigenvalue weighted by molar-refractivity contribution is 0.0957. The van der Waals surface area contributed by atoms with Crippen molar-refractivity contribution in [2.45, 2.75) is 19.6 Å². The molecule has 0 unspecified atom stereocenters. The molecule has 0 amide bonds. The maximum Gasteiger partial charge on any atom is 0.155 e. The first-order chi connectivity index (χ1) is 3.06. The molecule has 0 aromatic carbocycles. The fraction of sp³-hybridized carbons (Fsp3) is 1.00. The monoisotopic (exact) mass is 215 g/mol. The molecule has 0 aliphatic rings. The second-order valence-electron chi connectivity index (χ2n) is 1.75. The highest BCUT2D eigenvalue weighted by atomic mass is 127. The van der Waals surface area contributed by atoms with Crippen molar-refractivity contribution >= 4 is 21.0 Å². The van der Waals surface area contributed by atoms with Gasteiger partial charge >= 0.3 is 0 Å². The van der Waals surface area contributed by atoms with Gasteiger partial charge in [0.2, 0.25) is 0 Å². The van der Waals surface area contributed by atoms with Crippen LogP contribution in [0.25, 0.3) is 0 Å². The normalized spacial score (nSPS) is 14.3. The number of hydrogen-bond acceptors (Lipinski definition) is 2. The molecule has 0 saturated carbocycles. The van der Waals surface area contributed by atoms with E-state index >= 15 is 0 Å². The van der Waals surface area contributed by atoms with Crippen LogP contribution < -0.4 is 0 Å². The Morgan fingerprint density at radius 1 is 1.57 bits per heavy atom. The molecule has 0 heterocycles. The van der Waals surface area contributed by atoms with Crippen molar-refractivity contribution in [3.63, 3.8) is 0 Å². The van der Waals surface area contributed by atoms with Gasteiger partial charge in [0.15, 0.2) is 5.72 Å². The predicted molar refractivity (Wildman–Crippen MR) is 38.7 cm³/mol. The molecule has 0 aliphatic heterocycles. The van der Waals surface area contributed by atoms with Gasteiger partial charge < -0.3 is 5.11 Å². The van der Waals surface area contributed by atoms with Crippen molar-refractivity contribution in [2.24, 2.45) is 3.15 Å². The molecule has 0 bridgehead atoms. The third kappa shape index (κ3) is 6.49. The minimum atomic E-state index is -0.776. The number of nitrogens with zero attached hydrogens (tertiary/aromatic N) is 1. The van der Waals surface area contributed by atoms with Gasteiger partial charge in [-0.2, -0.15) is 0 Å². The Morgan fingerprint density at radius 3 is 2.00 bits per heavy atom. The lowest BCUT2D eigenvalue weighted by Crippen LogP contribution is -2.11. The van der Waals surface area contributed by atoms with Crippen molar-refractivity contribution in [2.75, 3.05) is 4.93 Å². The van der Waals surface area contributed by atoms with Gasteiger partial charge in [-0.05, 0) is 39.8 Å². The first-order valence-corrected chi connectivity index (χ1v) is 5.12. The van der Waals surface area contributed by atoms with E-state index in [1.165, 1.54) is 0 Å². The molecule has 0 aromatic heterocycles. The number of aliphatic hydroxyl groups is 1. The van der Waals surface area contributed by atoms with E-state index in [1.54, 1.807) is 13.8 Å². The van der Waals surface area contributed by atoms with Gasteiger partial charge in [0, 0.05) is 0 Å². The maximum atomic E-state index is 8.88. The van der Waals surface area contributed by atoms with Gasteiger partial charge in [0.05, 0.1) is 0 Å². The Kier molecular flexibility index (Phi) is 2.90. The van der Waals surface area contributed by atoms with Gasteiger partial charge in [-0.25, -0.2) is 3.15 Å². The standard InChI is InChI=1S/C4H10INO/c1-4(2,7)6-5-3/h7H,1-3H3. The SMILES string of the molecule is CI=NC(C)(C)O. The van der Waals surface area contributed by atoms with Crippen molar-refractivity contribution in [3.8, 4) is 0 Å². The van der Waals surface area contributed by atoms with E-state index in [4.69, 9.17) is 5.11 Å². The molecule has 0 aliphatic carbocycles. The van der Waals surface area contributed by atoms with E-state index in [0.717, 1.165) is 0 Å². The van der Waals surface area contributed by atoms with Crippen LogP contribution in [-0.4, -0.2) is 15.8 Å². The summed E-state index contributed by atoms with van der Waals surface area (Å²) in [5.41, 5.74) is -0.776. The van der Waals surface area contributed by atoms with Crippen LogP contribution in [0.2, 0.25) is 0 Å². The highest BCUT2D eigenvalue weighted by Crippen LogP contribution is 2.08. The fourth-order valence-corrected chi connectivity index (χ4v) is 1.39.